The summed E-state index contributed by atoms with van der Waals surface area (Å²) in [5.41, 5.74) is -4.80. The molecule has 0 radical (unpaired) electrons. The van der Waals surface area contributed by atoms with Crippen molar-refractivity contribution < 1.29 is 49.0 Å². The van der Waals surface area contributed by atoms with Gasteiger partial charge in [-0.2, -0.15) is 39.5 Å². The molecule has 2 aliphatic rings. The SMILES string of the molecule is CC(C)OC(=O)N1c2ccc(C(F)(F)F)nc2[C@@H](NCc2cc(C(F)(F)F)cc(C(F)(F)F)c2)C[C@H]1C1CC1. The summed E-state index contributed by atoms with van der Waals surface area (Å²) in [4.78, 5) is 17.9. The Hall–Kier alpha value is -3.03. The lowest BCUT2D eigenvalue weighted by Crippen LogP contribution is -2.49. The highest BCUT2D eigenvalue weighted by Gasteiger charge is 2.46. The van der Waals surface area contributed by atoms with Crippen LogP contribution in [0.4, 0.5) is 50.0 Å². The number of hydrogen-bond donors (Lipinski definition) is 1. The van der Waals surface area contributed by atoms with Crippen molar-refractivity contribution in [3.05, 3.63) is 58.4 Å². The first-order valence-corrected chi connectivity index (χ1v) is 12.0. The maximum absolute atomic E-state index is 13.5. The number of benzene rings is 1. The van der Waals surface area contributed by atoms with E-state index in [1.54, 1.807) is 13.8 Å². The average molecular weight is 569 g/mol. The van der Waals surface area contributed by atoms with E-state index in [2.05, 4.69) is 10.3 Å². The van der Waals surface area contributed by atoms with Crippen LogP contribution in [0.2, 0.25) is 0 Å². The van der Waals surface area contributed by atoms with Gasteiger partial charge in [0.1, 0.15) is 5.69 Å². The van der Waals surface area contributed by atoms with Crippen molar-refractivity contribution >= 4 is 11.8 Å². The molecule has 2 atom stereocenters. The molecule has 2 heterocycles. The zero-order chi connectivity index (χ0) is 28.9. The van der Waals surface area contributed by atoms with Crippen LogP contribution in [0.15, 0.2) is 30.3 Å². The lowest BCUT2D eigenvalue weighted by molar-refractivity contribution is -0.143. The van der Waals surface area contributed by atoms with Crippen LogP contribution in [0.1, 0.15) is 67.2 Å². The van der Waals surface area contributed by atoms with Gasteiger partial charge in [0.2, 0.25) is 0 Å². The highest BCUT2D eigenvalue weighted by Crippen LogP contribution is 2.47. The third-order valence-electron chi connectivity index (χ3n) is 6.49. The lowest BCUT2D eigenvalue weighted by Gasteiger charge is -2.40. The first kappa shape index (κ1) is 29.0. The van der Waals surface area contributed by atoms with E-state index in [4.69, 9.17) is 4.74 Å². The molecule has 1 saturated carbocycles. The molecule has 1 aromatic carbocycles. The monoisotopic (exact) mass is 569 g/mol. The smallest absolute Gasteiger partial charge is 0.433 e. The molecule has 0 bridgehead atoms. The molecule has 0 spiro atoms. The number of anilines is 1. The van der Waals surface area contributed by atoms with Crippen molar-refractivity contribution in [3.63, 3.8) is 0 Å². The number of carbonyl (C=O) groups excluding carboxylic acids is 1. The number of fused-ring (bicyclic) bond motifs is 1. The van der Waals surface area contributed by atoms with Crippen molar-refractivity contribution in [2.75, 3.05) is 4.90 Å². The normalized spacial score (nSPS) is 20.3. The average Bonchev–Trinajstić information content (AvgIpc) is 3.64. The van der Waals surface area contributed by atoms with Gasteiger partial charge in [0.25, 0.3) is 0 Å². The van der Waals surface area contributed by atoms with Crippen LogP contribution in [0, 0.1) is 5.92 Å². The van der Waals surface area contributed by atoms with Crippen LogP contribution in [-0.2, 0) is 29.8 Å². The largest absolute Gasteiger partial charge is 0.446 e. The predicted octanol–water partition coefficient (Wildman–Crippen LogP) is 7.50. The molecule has 1 aliphatic heterocycles. The Bertz CT molecular complexity index is 1190. The number of alkyl halides is 9. The molecule has 0 unspecified atom stereocenters. The number of carbonyl (C=O) groups is 1. The molecule has 14 heteroatoms. The first-order valence-electron chi connectivity index (χ1n) is 12.0. The van der Waals surface area contributed by atoms with Gasteiger partial charge in [-0.05, 0) is 74.9 Å². The zero-order valence-electron chi connectivity index (χ0n) is 20.6. The molecule has 5 nitrogen and oxygen atoms in total. The van der Waals surface area contributed by atoms with Crippen molar-refractivity contribution in [1.82, 2.24) is 10.3 Å². The molecular formula is C25H24F9N3O2. The summed E-state index contributed by atoms with van der Waals surface area (Å²) < 4.78 is 125. The minimum Gasteiger partial charge on any atom is -0.446 e. The van der Waals surface area contributed by atoms with Gasteiger partial charge in [-0.1, -0.05) is 0 Å². The topological polar surface area (TPSA) is 54.5 Å². The van der Waals surface area contributed by atoms with E-state index >= 15 is 0 Å². The third kappa shape index (κ3) is 6.59. The van der Waals surface area contributed by atoms with Crippen molar-refractivity contribution in [3.8, 4) is 0 Å². The van der Waals surface area contributed by atoms with Crippen molar-refractivity contribution in [2.24, 2.45) is 5.92 Å². The van der Waals surface area contributed by atoms with E-state index in [9.17, 15) is 44.3 Å². The van der Waals surface area contributed by atoms with Crippen molar-refractivity contribution in [2.45, 2.75) is 76.4 Å². The summed E-state index contributed by atoms with van der Waals surface area (Å²) in [6.45, 7) is 2.69. The van der Waals surface area contributed by atoms with Crippen molar-refractivity contribution in [1.29, 1.82) is 0 Å². The van der Waals surface area contributed by atoms with Gasteiger partial charge in [0.05, 0.1) is 34.7 Å². The minimum absolute atomic E-state index is 0.00207. The predicted molar refractivity (Wildman–Crippen MR) is 120 cm³/mol. The highest BCUT2D eigenvalue weighted by atomic mass is 19.4. The van der Waals surface area contributed by atoms with Crippen LogP contribution in [-0.4, -0.2) is 23.2 Å². The second-order valence-corrected chi connectivity index (χ2v) is 9.89. The molecule has 2 aromatic rings. The maximum Gasteiger partial charge on any atom is 0.433 e. The van der Waals surface area contributed by atoms with Gasteiger partial charge < -0.3 is 10.1 Å². The fourth-order valence-corrected chi connectivity index (χ4v) is 4.64. The Morgan fingerprint density at radius 2 is 1.56 bits per heavy atom. The molecular weight excluding hydrogens is 545 g/mol. The number of ether oxygens (including phenoxy) is 1. The Morgan fingerprint density at radius 1 is 0.974 bits per heavy atom. The summed E-state index contributed by atoms with van der Waals surface area (Å²) in [6, 6.07) is 1.38. The van der Waals surface area contributed by atoms with Gasteiger partial charge in [-0.3, -0.25) is 4.90 Å². The second-order valence-electron chi connectivity index (χ2n) is 9.89. The molecule has 214 valence electrons. The molecule has 1 N–H and O–H groups in total. The number of aromatic nitrogens is 1. The number of pyridine rings is 1. The summed E-state index contributed by atoms with van der Waals surface area (Å²) in [5, 5.41) is 2.80. The van der Waals surface area contributed by atoms with E-state index in [1.165, 1.54) is 4.90 Å². The Labute approximate surface area is 217 Å². The Balaban J connectivity index is 1.73. The van der Waals surface area contributed by atoms with Crippen LogP contribution < -0.4 is 10.2 Å². The number of rotatable bonds is 5. The summed E-state index contributed by atoms with van der Waals surface area (Å²) >= 11 is 0. The molecule has 1 aliphatic carbocycles. The molecule has 4 rings (SSSR count). The standard InChI is InChI=1S/C25H24F9N3O2/c1-12(2)39-22(38)37-18-5-6-20(25(32,33)34)36-21(18)17(10-19(37)14-3-4-14)35-11-13-7-15(23(26,27)28)9-16(8-13)24(29,30)31/h5-9,12,14,17,19,35H,3-4,10-11H2,1-2H3/t17-,19-/m0/s1. The van der Waals surface area contributed by atoms with E-state index < -0.39 is 66.2 Å². The number of halogens is 9. The van der Waals surface area contributed by atoms with E-state index in [1.807, 2.05) is 0 Å². The fourth-order valence-electron chi connectivity index (χ4n) is 4.64. The molecule has 39 heavy (non-hydrogen) atoms. The van der Waals surface area contributed by atoms with E-state index in [0.717, 1.165) is 18.9 Å². The van der Waals surface area contributed by atoms with E-state index in [-0.39, 0.29) is 35.3 Å². The van der Waals surface area contributed by atoms with Gasteiger partial charge >= 0.3 is 24.6 Å². The summed E-state index contributed by atoms with van der Waals surface area (Å²) in [6.07, 6.45) is -14.7. The minimum atomic E-state index is -5.05. The Morgan fingerprint density at radius 3 is 2.05 bits per heavy atom. The van der Waals surface area contributed by atoms with Crippen LogP contribution in [0.3, 0.4) is 0 Å². The number of hydrogen-bond acceptors (Lipinski definition) is 4. The van der Waals surface area contributed by atoms with E-state index in [0.29, 0.717) is 18.2 Å². The number of nitrogens with one attached hydrogen (secondary N) is 1. The number of amides is 1. The molecule has 1 fully saturated rings. The molecule has 0 saturated heterocycles. The lowest BCUT2D eigenvalue weighted by atomic mass is 9.91. The van der Waals surface area contributed by atoms with Crippen LogP contribution in [0.5, 0.6) is 0 Å². The molecule has 1 aromatic heterocycles. The summed E-state index contributed by atoms with van der Waals surface area (Å²) in [7, 11) is 0. The van der Waals surface area contributed by atoms with Gasteiger partial charge in [-0.15, -0.1) is 0 Å². The zero-order valence-corrected chi connectivity index (χ0v) is 20.6. The quantitative estimate of drug-likeness (QED) is 0.379. The first-order chi connectivity index (χ1) is 17.9. The van der Waals surface area contributed by atoms with Crippen LogP contribution >= 0.6 is 0 Å². The van der Waals surface area contributed by atoms with Gasteiger partial charge in [-0.25, -0.2) is 9.78 Å². The fraction of sp³-hybridized carbons (Fsp3) is 0.520. The number of nitrogens with zero attached hydrogens (tertiary/aromatic N) is 2. The van der Waals surface area contributed by atoms with Crippen LogP contribution in [0.25, 0.3) is 0 Å². The Kier molecular flexibility index (Phi) is 7.56. The highest BCUT2D eigenvalue weighted by molar-refractivity contribution is 5.90. The maximum atomic E-state index is 13.5. The second kappa shape index (κ2) is 10.2. The van der Waals surface area contributed by atoms with Gasteiger partial charge in [0, 0.05) is 12.6 Å². The summed E-state index contributed by atoms with van der Waals surface area (Å²) in [5.74, 6) is -0.00477. The van der Waals surface area contributed by atoms with Gasteiger partial charge in [0.15, 0.2) is 0 Å². The third-order valence-corrected chi connectivity index (χ3v) is 6.49. The molecule has 1 amide bonds.